The maximum absolute atomic E-state index is 9.58. The van der Waals surface area contributed by atoms with Crippen LogP contribution in [0.4, 0.5) is 5.69 Å². The molecule has 4 heteroatoms. The summed E-state index contributed by atoms with van der Waals surface area (Å²) >= 11 is 1.60. The highest BCUT2D eigenvalue weighted by atomic mass is 32.1. The molecule has 0 fully saturated rings. The zero-order valence-corrected chi connectivity index (χ0v) is 16.6. The van der Waals surface area contributed by atoms with Crippen molar-refractivity contribution in [1.29, 1.82) is 0 Å². The SMILES string of the molecule is Cc1cccc(N=c2scc(-c3ccc(-c4ccccc4)cc3)n2CCO)c1. The second-order valence-corrected chi connectivity index (χ2v) is 7.51. The number of nitrogens with zero attached hydrogens (tertiary/aromatic N) is 2. The molecule has 3 nitrogen and oxygen atoms in total. The van der Waals surface area contributed by atoms with Gasteiger partial charge in [0.2, 0.25) is 0 Å². The van der Waals surface area contributed by atoms with Crippen LogP contribution in [0, 0.1) is 6.92 Å². The minimum Gasteiger partial charge on any atom is -0.395 e. The number of benzene rings is 3. The van der Waals surface area contributed by atoms with Gasteiger partial charge in [0.15, 0.2) is 4.80 Å². The molecule has 0 radical (unpaired) electrons. The normalized spacial score (nSPS) is 11.7. The first kappa shape index (κ1) is 18.4. The Kier molecular flexibility index (Phi) is 5.51. The van der Waals surface area contributed by atoms with Crippen LogP contribution in [-0.2, 0) is 6.54 Å². The predicted molar refractivity (Wildman–Crippen MR) is 117 cm³/mol. The van der Waals surface area contributed by atoms with Gasteiger partial charge in [-0.15, -0.1) is 11.3 Å². The molecule has 0 aliphatic heterocycles. The van der Waals surface area contributed by atoms with Crippen molar-refractivity contribution in [2.75, 3.05) is 6.61 Å². The molecule has 0 aliphatic rings. The second-order valence-electron chi connectivity index (χ2n) is 6.67. The number of aryl methyl sites for hydroxylation is 1. The largest absolute Gasteiger partial charge is 0.395 e. The van der Waals surface area contributed by atoms with E-state index in [4.69, 9.17) is 4.99 Å². The molecule has 0 saturated carbocycles. The van der Waals surface area contributed by atoms with Crippen molar-refractivity contribution in [2.24, 2.45) is 4.99 Å². The van der Waals surface area contributed by atoms with Gasteiger partial charge in [-0.05, 0) is 41.3 Å². The van der Waals surface area contributed by atoms with Gasteiger partial charge in [0.1, 0.15) is 0 Å². The maximum atomic E-state index is 9.58. The van der Waals surface area contributed by atoms with Gasteiger partial charge < -0.3 is 9.67 Å². The van der Waals surface area contributed by atoms with Gasteiger partial charge in [-0.25, -0.2) is 4.99 Å². The van der Waals surface area contributed by atoms with Gasteiger partial charge >= 0.3 is 0 Å². The standard InChI is InChI=1S/C24H22N2OS/c1-18-6-5-9-22(16-18)25-24-26(14-15-27)23(17-28-24)21-12-10-20(11-13-21)19-7-3-2-4-8-19/h2-13,16-17,27H,14-15H2,1H3. The summed E-state index contributed by atoms with van der Waals surface area (Å²) < 4.78 is 2.09. The first-order valence-electron chi connectivity index (χ1n) is 9.31. The minimum atomic E-state index is 0.0762. The predicted octanol–water partition coefficient (Wildman–Crippen LogP) is 5.42. The third-order valence-electron chi connectivity index (χ3n) is 4.64. The van der Waals surface area contributed by atoms with Crippen LogP contribution in [0.15, 0.2) is 89.2 Å². The summed E-state index contributed by atoms with van der Waals surface area (Å²) in [5, 5.41) is 11.7. The second kappa shape index (κ2) is 8.38. The topological polar surface area (TPSA) is 37.5 Å². The highest BCUT2D eigenvalue weighted by molar-refractivity contribution is 7.07. The van der Waals surface area contributed by atoms with Crippen molar-refractivity contribution in [1.82, 2.24) is 4.57 Å². The summed E-state index contributed by atoms with van der Waals surface area (Å²) in [6.45, 7) is 2.66. The van der Waals surface area contributed by atoms with Gasteiger partial charge in [-0.3, -0.25) is 0 Å². The number of aliphatic hydroxyl groups excluding tert-OH is 1. The summed E-state index contributed by atoms with van der Waals surface area (Å²) in [5.74, 6) is 0. The van der Waals surface area contributed by atoms with E-state index in [0.717, 1.165) is 21.7 Å². The zero-order chi connectivity index (χ0) is 19.3. The Balaban J connectivity index is 1.73. The van der Waals surface area contributed by atoms with Crippen LogP contribution in [-0.4, -0.2) is 16.3 Å². The molecule has 1 aromatic heterocycles. The molecule has 0 unspecified atom stereocenters. The Morgan fingerprint density at radius 3 is 2.29 bits per heavy atom. The molecule has 3 aromatic carbocycles. The molecule has 140 valence electrons. The van der Waals surface area contributed by atoms with Crippen molar-refractivity contribution in [2.45, 2.75) is 13.5 Å². The Labute approximate surface area is 168 Å². The van der Waals surface area contributed by atoms with Crippen molar-refractivity contribution in [3.63, 3.8) is 0 Å². The smallest absolute Gasteiger partial charge is 0.190 e. The number of hydrogen-bond acceptors (Lipinski definition) is 3. The third kappa shape index (κ3) is 3.98. The molecule has 1 heterocycles. The van der Waals surface area contributed by atoms with E-state index in [0.29, 0.717) is 6.54 Å². The van der Waals surface area contributed by atoms with E-state index in [9.17, 15) is 5.11 Å². The van der Waals surface area contributed by atoms with E-state index in [-0.39, 0.29) is 6.61 Å². The zero-order valence-electron chi connectivity index (χ0n) is 15.7. The van der Waals surface area contributed by atoms with Gasteiger partial charge in [-0.1, -0.05) is 66.7 Å². The fraction of sp³-hybridized carbons (Fsp3) is 0.125. The highest BCUT2D eigenvalue weighted by Crippen LogP contribution is 2.25. The maximum Gasteiger partial charge on any atom is 0.190 e. The monoisotopic (exact) mass is 386 g/mol. The molecule has 0 bridgehead atoms. The summed E-state index contributed by atoms with van der Waals surface area (Å²) in [5.41, 5.74) is 6.71. The highest BCUT2D eigenvalue weighted by Gasteiger charge is 2.08. The Bertz CT molecular complexity index is 1130. The Morgan fingerprint density at radius 1 is 0.857 bits per heavy atom. The van der Waals surface area contributed by atoms with Gasteiger partial charge in [0, 0.05) is 11.9 Å². The van der Waals surface area contributed by atoms with Crippen LogP contribution < -0.4 is 4.80 Å². The lowest BCUT2D eigenvalue weighted by Gasteiger charge is -2.09. The summed E-state index contributed by atoms with van der Waals surface area (Å²) in [6.07, 6.45) is 0. The average molecular weight is 387 g/mol. The van der Waals surface area contributed by atoms with Crippen LogP contribution in [0.3, 0.4) is 0 Å². The summed E-state index contributed by atoms with van der Waals surface area (Å²) in [7, 11) is 0. The average Bonchev–Trinajstić information content (AvgIpc) is 3.11. The molecule has 4 aromatic rings. The van der Waals surface area contributed by atoms with Crippen LogP contribution >= 0.6 is 11.3 Å². The van der Waals surface area contributed by atoms with Gasteiger partial charge in [0.05, 0.1) is 18.0 Å². The fourth-order valence-electron chi connectivity index (χ4n) is 3.24. The summed E-state index contributed by atoms with van der Waals surface area (Å²) in [4.78, 5) is 5.69. The molecular weight excluding hydrogens is 364 g/mol. The lowest BCUT2D eigenvalue weighted by molar-refractivity contribution is 0.275. The number of hydrogen-bond donors (Lipinski definition) is 1. The van der Waals surface area contributed by atoms with Crippen molar-refractivity contribution in [3.05, 3.63) is 94.6 Å². The third-order valence-corrected chi connectivity index (χ3v) is 5.50. The molecule has 0 saturated heterocycles. The molecule has 0 atom stereocenters. The van der Waals surface area contributed by atoms with E-state index in [2.05, 4.69) is 77.5 Å². The van der Waals surface area contributed by atoms with E-state index >= 15 is 0 Å². The van der Waals surface area contributed by atoms with E-state index in [1.54, 1.807) is 11.3 Å². The van der Waals surface area contributed by atoms with Crippen molar-refractivity contribution < 1.29 is 5.11 Å². The Hall–Kier alpha value is -2.95. The van der Waals surface area contributed by atoms with Crippen LogP contribution in [0.5, 0.6) is 0 Å². The fourth-order valence-corrected chi connectivity index (χ4v) is 4.19. The molecular formula is C24H22N2OS. The lowest BCUT2D eigenvalue weighted by atomic mass is 10.0. The van der Waals surface area contributed by atoms with E-state index < -0.39 is 0 Å². The number of thiazole rings is 1. The number of aromatic nitrogens is 1. The van der Waals surface area contributed by atoms with E-state index in [1.807, 2.05) is 18.2 Å². The molecule has 1 N–H and O–H groups in total. The molecule has 0 amide bonds. The molecule has 0 spiro atoms. The first-order valence-corrected chi connectivity index (χ1v) is 10.2. The molecule has 4 rings (SSSR count). The molecule has 28 heavy (non-hydrogen) atoms. The van der Waals surface area contributed by atoms with Crippen LogP contribution in [0.1, 0.15) is 5.56 Å². The quantitative estimate of drug-likeness (QED) is 0.489. The molecule has 0 aliphatic carbocycles. The van der Waals surface area contributed by atoms with Gasteiger partial charge in [0.25, 0.3) is 0 Å². The lowest BCUT2D eigenvalue weighted by Crippen LogP contribution is -2.17. The number of aliphatic hydroxyl groups is 1. The van der Waals surface area contributed by atoms with Crippen LogP contribution in [0.25, 0.3) is 22.4 Å². The Morgan fingerprint density at radius 2 is 1.57 bits per heavy atom. The summed E-state index contributed by atoms with van der Waals surface area (Å²) in [6, 6.07) is 27.1. The van der Waals surface area contributed by atoms with Crippen molar-refractivity contribution >= 4 is 17.0 Å². The van der Waals surface area contributed by atoms with Crippen molar-refractivity contribution in [3.8, 4) is 22.4 Å². The number of rotatable bonds is 5. The minimum absolute atomic E-state index is 0.0762. The van der Waals surface area contributed by atoms with E-state index in [1.165, 1.54) is 16.7 Å². The van der Waals surface area contributed by atoms with Gasteiger partial charge in [-0.2, -0.15) is 0 Å². The first-order chi connectivity index (χ1) is 13.7. The van der Waals surface area contributed by atoms with Crippen LogP contribution in [0.2, 0.25) is 0 Å².